The molecule has 2 aromatic carbocycles. The van der Waals surface area contributed by atoms with E-state index in [0.717, 1.165) is 17.7 Å². The van der Waals surface area contributed by atoms with Gasteiger partial charge in [-0.3, -0.25) is 19.7 Å². The lowest BCUT2D eigenvalue weighted by molar-refractivity contribution is -0.385. The summed E-state index contributed by atoms with van der Waals surface area (Å²) < 4.78 is 5.07. The van der Waals surface area contributed by atoms with Crippen LogP contribution in [0.2, 0.25) is 0 Å². The van der Waals surface area contributed by atoms with Gasteiger partial charge in [0.2, 0.25) is 0 Å². The van der Waals surface area contributed by atoms with Crippen LogP contribution in [0.1, 0.15) is 18.1 Å². The van der Waals surface area contributed by atoms with Crippen molar-refractivity contribution in [1.82, 2.24) is 0 Å². The minimum Gasteiger partial charge on any atom is -0.455 e. The molecule has 1 aliphatic rings. The third-order valence-corrected chi connectivity index (χ3v) is 4.36. The van der Waals surface area contributed by atoms with Gasteiger partial charge >= 0.3 is 5.97 Å². The Balaban J connectivity index is 1.62. The van der Waals surface area contributed by atoms with Gasteiger partial charge in [0.15, 0.2) is 6.61 Å². The zero-order chi connectivity index (χ0) is 18.7. The number of esters is 1. The maximum Gasteiger partial charge on any atom is 0.311 e. The lowest BCUT2D eigenvalue weighted by Crippen LogP contribution is -2.38. The maximum atomic E-state index is 12.5. The van der Waals surface area contributed by atoms with Gasteiger partial charge in [-0.1, -0.05) is 36.4 Å². The summed E-state index contributed by atoms with van der Waals surface area (Å²) in [6.07, 6.45) is 0.503. The summed E-state index contributed by atoms with van der Waals surface area (Å²) in [4.78, 5) is 36.6. The van der Waals surface area contributed by atoms with Crippen LogP contribution in [0.25, 0.3) is 0 Å². The van der Waals surface area contributed by atoms with Crippen LogP contribution in [-0.2, 0) is 27.2 Å². The lowest BCUT2D eigenvalue weighted by atomic mass is 10.1. The zero-order valence-electron chi connectivity index (χ0n) is 14.3. The van der Waals surface area contributed by atoms with Crippen molar-refractivity contribution in [2.45, 2.75) is 25.8 Å². The number of fused-ring (bicyclic) bond motifs is 1. The normalized spacial score (nSPS) is 15.4. The van der Waals surface area contributed by atoms with Gasteiger partial charge in [0.05, 0.1) is 11.3 Å². The Bertz CT molecular complexity index is 865. The number of rotatable bonds is 5. The number of para-hydroxylation sites is 2. The van der Waals surface area contributed by atoms with Crippen molar-refractivity contribution in [3.05, 3.63) is 69.8 Å². The molecule has 0 aliphatic carbocycles. The molecule has 0 fully saturated rings. The Kier molecular flexibility index (Phi) is 4.97. The number of nitrogens with zero attached hydrogens (tertiary/aromatic N) is 2. The largest absolute Gasteiger partial charge is 0.455 e. The summed E-state index contributed by atoms with van der Waals surface area (Å²) in [5.41, 5.74) is 2.03. The van der Waals surface area contributed by atoms with E-state index >= 15 is 0 Å². The fraction of sp³-hybridized carbons (Fsp3) is 0.263. The maximum absolute atomic E-state index is 12.5. The number of carbonyl (C=O) groups is 2. The van der Waals surface area contributed by atoms with E-state index in [1.165, 1.54) is 18.2 Å². The second-order valence-electron chi connectivity index (χ2n) is 6.17. The average molecular weight is 354 g/mol. The molecule has 2 aromatic rings. The van der Waals surface area contributed by atoms with Gasteiger partial charge in [0.1, 0.15) is 0 Å². The molecule has 1 heterocycles. The number of hydrogen-bond acceptors (Lipinski definition) is 5. The van der Waals surface area contributed by atoms with Crippen LogP contribution in [-0.4, -0.2) is 29.4 Å². The van der Waals surface area contributed by atoms with E-state index in [-0.39, 0.29) is 29.6 Å². The van der Waals surface area contributed by atoms with Crippen molar-refractivity contribution in [2.24, 2.45) is 0 Å². The van der Waals surface area contributed by atoms with E-state index in [1.54, 1.807) is 11.0 Å². The SMILES string of the molecule is CC1Cc2ccccc2N1C(=O)COC(=O)Cc1ccccc1[N+](=O)[O-]. The smallest absolute Gasteiger partial charge is 0.311 e. The number of benzene rings is 2. The first kappa shape index (κ1) is 17.6. The van der Waals surface area contributed by atoms with E-state index in [4.69, 9.17) is 4.74 Å². The molecular formula is C19H18N2O5. The Labute approximate surface area is 150 Å². The third-order valence-electron chi connectivity index (χ3n) is 4.36. The predicted octanol–water partition coefficient (Wildman–Crippen LogP) is 2.66. The molecule has 0 saturated heterocycles. The molecule has 1 amide bonds. The van der Waals surface area contributed by atoms with E-state index in [0.29, 0.717) is 0 Å². The highest BCUT2D eigenvalue weighted by Gasteiger charge is 2.31. The standard InChI is InChI=1S/C19H18N2O5/c1-13-10-14-6-2-4-8-16(14)20(13)18(22)12-26-19(23)11-15-7-3-5-9-17(15)21(24)25/h2-9,13H,10-12H2,1H3. The fourth-order valence-corrected chi connectivity index (χ4v) is 3.20. The van der Waals surface area contributed by atoms with Crippen molar-refractivity contribution < 1.29 is 19.2 Å². The summed E-state index contributed by atoms with van der Waals surface area (Å²) in [7, 11) is 0. The summed E-state index contributed by atoms with van der Waals surface area (Å²) in [6, 6.07) is 13.6. The predicted molar refractivity (Wildman–Crippen MR) is 94.9 cm³/mol. The summed E-state index contributed by atoms with van der Waals surface area (Å²) in [6.45, 7) is 1.55. The molecule has 0 aromatic heterocycles. The monoisotopic (exact) mass is 354 g/mol. The second-order valence-corrected chi connectivity index (χ2v) is 6.17. The first-order chi connectivity index (χ1) is 12.5. The first-order valence-electron chi connectivity index (χ1n) is 8.25. The van der Waals surface area contributed by atoms with Gasteiger partial charge in [-0.25, -0.2) is 0 Å². The summed E-state index contributed by atoms with van der Waals surface area (Å²) in [5, 5.41) is 11.0. The van der Waals surface area contributed by atoms with Crippen molar-refractivity contribution in [3.8, 4) is 0 Å². The molecule has 0 spiro atoms. The van der Waals surface area contributed by atoms with Crippen LogP contribution in [0.4, 0.5) is 11.4 Å². The molecule has 0 N–H and O–H groups in total. The van der Waals surface area contributed by atoms with Crippen molar-refractivity contribution in [2.75, 3.05) is 11.5 Å². The Hall–Kier alpha value is -3.22. The third kappa shape index (κ3) is 3.56. The molecular weight excluding hydrogens is 336 g/mol. The summed E-state index contributed by atoms with van der Waals surface area (Å²) in [5.74, 6) is -0.980. The highest BCUT2D eigenvalue weighted by Crippen LogP contribution is 2.31. The first-order valence-corrected chi connectivity index (χ1v) is 8.25. The summed E-state index contributed by atoms with van der Waals surface area (Å²) >= 11 is 0. The molecule has 134 valence electrons. The van der Waals surface area contributed by atoms with Crippen molar-refractivity contribution >= 4 is 23.3 Å². The highest BCUT2D eigenvalue weighted by molar-refractivity contribution is 5.97. The van der Waals surface area contributed by atoms with Crippen LogP contribution in [0.15, 0.2) is 48.5 Å². The minimum absolute atomic E-state index is 0.00573. The molecule has 7 nitrogen and oxygen atoms in total. The number of amides is 1. The Morgan fingerprint density at radius 3 is 2.65 bits per heavy atom. The number of nitro benzene ring substituents is 1. The van der Waals surface area contributed by atoms with Crippen LogP contribution in [0.3, 0.4) is 0 Å². The Morgan fingerprint density at radius 1 is 1.19 bits per heavy atom. The molecule has 0 radical (unpaired) electrons. The number of nitro groups is 1. The molecule has 26 heavy (non-hydrogen) atoms. The molecule has 1 unspecified atom stereocenters. The fourth-order valence-electron chi connectivity index (χ4n) is 3.20. The van der Waals surface area contributed by atoms with Gasteiger partial charge in [-0.15, -0.1) is 0 Å². The van der Waals surface area contributed by atoms with E-state index in [2.05, 4.69) is 0 Å². The Morgan fingerprint density at radius 2 is 1.88 bits per heavy atom. The molecule has 7 heteroatoms. The minimum atomic E-state index is -0.673. The molecule has 1 atom stereocenters. The highest BCUT2D eigenvalue weighted by atomic mass is 16.6. The van der Waals surface area contributed by atoms with E-state index in [9.17, 15) is 19.7 Å². The molecule has 3 rings (SSSR count). The van der Waals surface area contributed by atoms with Crippen LogP contribution >= 0.6 is 0 Å². The van der Waals surface area contributed by atoms with Gasteiger partial charge < -0.3 is 9.64 Å². The van der Waals surface area contributed by atoms with Gasteiger partial charge in [0, 0.05) is 23.4 Å². The van der Waals surface area contributed by atoms with E-state index < -0.39 is 17.5 Å². The number of hydrogen-bond donors (Lipinski definition) is 0. The average Bonchev–Trinajstić information content (AvgIpc) is 2.95. The molecule has 1 aliphatic heterocycles. The van der Waals surface area contributed by atoms with Crippen molar-refractivity contribution in [1.29, 1.82) is 0 Å². The number of ether oxygens (including phenoxy) is 1. The number of carbonyl (C=O) groups excluding carboxylic acids is 2. The van der Waals surface area contributed by atoms with Gasteiger partial charge in [-0.2, -0.15) is 0 Å². The lowest BCUT2D eigenvalue weighted by Gasteiger charge is -2.22. The van der Waals surface area contributed by atoms with Crippen LogP contribution in [0.5, 0.6) is 0 Å². The van der Waals surface area contributed by atoms with Gasteiger partial charge in [-0.05, 0) is 25.0 Å². The molecule has 0 saturated carbocycles. The van der Waals surface area contributed by atoms with Crippen molar-refractivity contribution in [3.63, 3.8) is 0 Å². The van der Waals surface area contributed by atoms with Crippen LogP contribution < -0.4 is 4.90 Å². The zero-order valence-corrected chi connectivity index (χ0v) is 14.3. The van der Waals surface area contributed by atoms with E-state index in [1.807, 2.05) is 31.2 Å². The second kappa shape index (κ2) is 7.35. The number of anilines is 1. The topological polar surface area (TPSA) is 89.8 Å². The van der Waals surface area contributed by atoms with Crippen LogP contribution in [0, 0.1) is 10.1 Å². The van der Waals surface area contributed by atoms with Gasteiger partial charge in [0.25, 0.3) is 11.6 Å². The quantitative estimate of drug-likeness (QED) is 0.468. The molecule has 0 bridgehead atoms.